The summed E-state index contributed by atoms with van der Waals surface area (Å²) in [5.41, 5.74) is 0. The van der Waals surface area contributed by atoms with E-state index in [1.54, 1.807) is 0 Å². The maximum absolute atomic E-state index is 13.2. The summed E-state index contributed by atoms with van der Waals surface area (Å²) in [4.78, 5) is 0. The van der Waals surface area contributed by atoms with E-state index in [4.69, 9.17) is 4.55 Å². The van der Waals surface area contributed by atoms with Crippen LogP contribution in [0.1, 0.15) is 25.7 Å². The molecule has 0 aromatic rings. The Morgan fingerprint density at radius 3 is 1.62 bits per heavy atom. The van der Waals surface area contributed by atoms with E-state index in [9.17, 15) is 43.5 Å². The largest absolute Gasteiger partial charge is 0.459 e. The van der Waals surface area contributed by atoms with Gasteiger partial charge in [0.15, 0.2) is 0 Å². The van der Waals surface area contributed by atoms with Crippen LogP contribution in [0.15, 0.2) is 0 Å². The lowest BCUT2D eigenvalue weighted by Gasteiger charge is -2.31. The van der Waals surface area contributed by atoms with Crippen LogP contribution in [0, 0.1) is 11.8 Å². The minimum atomic E-state index is -6.41. The second-order valence-electron chi connectivity index (χ2n) is 5.88. The van der Waals surface area contributed by atoms with Gasteiger partial charge in [0.25, 0.3) is 0 Å². The minimum absolute atomic E-state index is 0.0573. The lowest BCUT2D eigenvalue weighted by molar-refractivity contribution is -0.322. The molecule has 14 heteroatoms. The molecule has 1 saturated carbocycles. The normalized spacial score (nSPS) is 23.5. The average Bonchev–Trinajstić information content (AvgIpc) is 2.50. The molecule has 0 spiro atoms. The van der Waals surface area contributed by atoms with E-state index in [-0.39, 0.29) is 25.7 Å². The van der Waals surface area contributed by atoms with Crippen molar-refractivity contribution in [3.63, 3.8) is 0 Å². The summed E-state index contributed by atoms with van der Waals surface area (Å²) in [5.74, 6) is -1.28. The second-order valence-corrected chi connectivity index (χ2v) is 7.34. The van der Waals surface area contributed by atoms with Gasteiger partial charge in [0, 0.05) is 0 Å². The smallest absolute Gasteiger partial charge is 0.316 e. The van der Waals surface area contributed by atoms with E-state index in [0.29, 0.717) is 0 Å². The maximum atomic E-state index is 13.2. The number of rotatable bonds is 9. The summed E-state index contributed by atoms with van der Waals surface area (Å²) in [6.07, 6.45) is -13.8. The van der Waals surface area contributed by atoms with Gasteiger partial charge in [-0.3, -0.25) is 4.55 Å². The van der Waals surface area contributed by atoms with Gasteiger partial charge < -0.3 is 9.47 Å². The molecule has 0 aromatic heterocycles. The highest BCUT2D eigenvalue weighted by molar-refractivity contribution is 7.86. The van der Waals surface area contributed by atoms with Crippen LogP contribution in [0.4, 0.5) is 35.1 Å². The van der Waals surface area contributed by atoms with Gasteiger partial charge in [-0.15, -0.1) is 0 Å². The molecule has 1 fully saturated rings. The average molecular weight is 424 g/mol. The Morgan fingerprint density at radius 1 is 0.885 bits per heavy atom. The fourth-order valence-corrected chi connectivity index (χ4v) is 2.67. The highest BCUT2D eigenvalue weighted by Gasteiger charge is 2.67. The van der Waals surface area contributed by atoms with Gasteiger partial charge in [-0.1, -0.05) is 0 Å². The lowest BCUT2D eigenvalue weighted by atomic mass is 9.83. The van der Waals surface area contributed by atoms with Crippen LogP contribution in [-0.4, -0.2) is 50.1 Å². The summed E-state index contributed by atoms with van der Waals surface area (Å²) < 4.78 is 138. The lowest BCUT2D eigenvalue weighted by Crippen LogP contribution is -2.49. The fraction of sp³-hybridized carbons (Fsp3) is 1.00. The zero-order valence-corrected chi connectivity index (χ0v) is 13.8. The molecule has 0 unspecified atom stereocenters. The van der Waals surface area contributed by atoms with Crippen molar-refractivity contribution >= 4 is 10.1 Å². The second kappa shape index (κ2) is 8.10. The molecule has 0 aliphatic heterocycles. The first-order chi connectivity index (χ1) is 11.6. The zero-order chi connectivity index (χ0) is 20.4. The van der Waals surface area contributed by atoms with Crippen LogP contribution in [-0.2, 0) is 19.6 Å². The zero-order valence-electron chi connectivity index (χ0n) is 13.0. The van der Waals surface area contributed by atoms with Gasteiger partial charge >= 0.3 is 34.0 Å². The van der Waals surface area contributed by atoms with Gasteiger partial charge in [-0.2, -0.15) is 34.8 Å². The van der Waals surface area contributed by atoms with Crippen LogP contribution in [0.3, 0.4) is 0 Å². The predicted octanol–water partition coefficient (Wildman–Crippen LogP) is 3.76. The molecule has 1 aliphatic rings. The quantitative estimate of drug-likeness (QED) is 0.451. The van der Waals surface area contributed by atoms with E-state index in [1.165, 1.54) is 0 Å². The molecule has 0 bridgehead atoms. The van der Waals surface area contributed by atoms with Crippen LogP contribution in [0.25, 0.3) is 0 Å². The first-order valence-corrected chi connectivity index (χ1v) is 8.70. The van der Waals surface area contributed by atoms with Crippen molar-refractivity contribution in [2.75, 3.05) is 13.2 Å². The molecule has 0 aromatic carbocycles. The Balaban J connectivity index is 2.46. The monoisotopic (exact) mass is 424 g/mol. The molecule has 5 nitrogen and oxygen atoms in total. The van der Waals surface area contributed by atoms with Gasteiger partial charge in [0.2, 0.25) is 0 Å². The maximum Gasteiger partial charge on any atom is 0.459 e. The SMILES string of the molecule is O=S(=O)(O)C(F)(F)C(F)(F)OCC1CCC(COC(F)(F)C(F)F)CC1. The Kier molecular flexibility index (Phi) is 7.27. The molecule has 156 valence electrons. The molecular weight excluding hydrogens is 408 g/mol. The van der Waals surface area contributed by atoms with Gasteiger partial charge in [0.05, 0.1) is 13.2 Å². The van der Waals surface area contributed by atoms with E-state index in [0.717, 1.165) is 0 Å². The van der Waals surface area contributed by atoms with E-state index < -0.39 is 59.1 Å². The number of hydrogen-bond donors (Lipinski definition) is 1. The molecule has 0 atom stereocenters. The fourth-order valence-electron chi connectivity index (χ4n) is 2.31. The molecule has 1 N–H and O–H groups in total. The third kappa shape index (κ3) is 5.63. The van der Waals surface area contributed by atoms with Crippen molar-refractivity contribution < 1.29 is 57.6 Å². The Hall–Kier alpha value is -0.730. The van der Waals surface area contributed by atoms with Crippen LogP contribution in [0.2, 0.25) is 0 Å². The predicted molar refractivity (Wildman–Crippen MR) is 69.7 cm³/mol. The Labute approximate surface area is 143 Å². The highest BCUT2D eigenvalue weighted by Crippen LogP contribution is 2.40. The third-order valence-corrected chi connectivity index (χ3v) is 4.78. The van der Waals surface area contributed by atoms with Crippen molar-refractivity contribution in [3.8, 4) is 0 Å². The minimum Gasteiger partial charge on any atom is -0.316 e. The van der Waals surface area contributed by atoms with Crippen LogP contribution >= 0.6 is 0 Å². The Bertz CT molecular complexity index is 560. The number of halogens is 8. The molecule has 1 aliphatic carbocycles. The molecule has 0 saturated heterocycles. The Morgan fingerprint density at radius 2 is 1.27 bits per heavy atom. The van der Waals surface area contributed by atoms with Crippen molar-refractivity contribution in [2.24, 2.45) is 11.8 Å². The number of ether oxygens (including phenoxy) is 2. The molecule has 0 amide bonds. The van der Waals surface area contributed by atoms with E-state index >= 15 is 0 Å². The summed E-state index contributed by atoms with van der Waals surface area (Å²) in [6.45, 7) is -1.67. The van der Waals surface area contributed by atoms with Gasteiger partial charge in [-0.25, -0.2) is 8.78 Å². The molecule has 26 heavy (non-hydrogen) atoms. The van der Waals surface area contributed by atoms with E-state index in [2.05, 4.69) is 9.47 Å². The first kappa shape index (κ1) is 23.3. The summed E-state index contributed by atoms with van der Waals surface area (Å²) >= 11 is 0. The highest BCUT2D eigenvalue weighted by atomic mass is 32.2. The summed E-state index contributed by atoms with van der Waals surface area (Å²) in [7, 11) is -6.41. The van der Waals surface area contributed by atoms with Gasteiger partial charge in [-0.05, 0) is 37.5 Å². The molecular formula is C12H16F8O5S. The topological polar surface area (TPSA) is 72.8 Å². The molecule has 1 rings (SSSR count). The van der Waals surface area contributed by atoms with Crippen molar-refractivity contribution in [1.82, 2.24) is 0 Å². The van der Waals surface area contributed by atoms with Crippen LogP contribution < -0.4 is 0 Å². The summed E-state index contributed by atoms with van der Waals surface area (Å²) in [6, 6.07) is 0. The standard InChI is InChI=1S/C12H16F8O5S/c13-9(14)10(15,16)24-5-7-1-3-8(4-2-7)6-25-11(17,18)12(19,20)26(21,22)23/h7-9H,1-6H2,(H,21,22,23). The molecule has 0 heterocycles. The number of hydrogen-bond acceptors (Lipinski definition) is 4. The van der Waals surface area contributed by atoms with Gasteiger partial charge in [0.1, 0.15) is 0 Å². The summed E-state index contributed by atoms with van der Waals surface area (Å²) in [5, 5.41) is -5.84. The third-order valence-electron chi connectivity index (χ3n) is 3.89. The molecule has 0 radical (unpaired) electrons. The van der Waals surface area contributed by atoms with Crippen LogP contribution in [0.5, 0.6) is 0 Å². The van der Waals surface area contributed by atoms with E-state index in [1.807, 2.05) is 0 Å². The van der Waals surface area contributed by atoms with Crippen molar-refractivity contribution in [3.05, 3.63) is 0 Å². The van der Waals surface area contributed by atoms with Crippen molar-refractivity contribution in [2.45, 2.75) is 49.6 Å². The van der Waals surface area contributed by atoms with Crippen molar-refractivity contribution in [1.29, 1.82) is 0 Å². The number of alkyl halides is 8. The first-order valence-electron chi connectivity index (χ1n) is 7.26.